The van der Waals surface area contributed by atoms with Crippen molar-refractivity contribution in [1.29, 1.82) is 0 Å². The highest BCUT2D eigenvalue weighted by molar-refractivity contribution is 5.98. The average molecular weight is 1070 g/mol. The molecule has 10 amide bonds. The first-order valence-corrected chi connectivity index (χ1v) is 26.2. The molecule has 13 N–H and O–H groups in total. The fraction of sp³-hybridized carbons (Fsp3) is 0.667. The normalized spacial score (nSPS) is 16.2. The van der Waals surface area contributed by atoms with Crippen LogP contribution in [0.3, 0.4) is 0 Å². The van der Waals surface area contributed by atoms with E-state index in [1.807, 2.05) is 13.0 Å². The van der Waals surface area contributed by atoms with Crippen molar-refractivity contribution in [3.05, 3.63) is 35.9 Å². The molecule has 1 heterocycles. The van der Waals surface area contributed by atoms with Crippen LogP contribution in [0.1, 0.15) is 112 Å². The first-order chi connectivity index (χ1) is 35.9. The van der Waals surface area contributed by atoms with E-state index in [1.165, 1.54) is 25.8 Å². The molecule has 76 heavy (non-hydrogen) atoms. The molecule has 426 valence electrons. The van der Waals surface area contributed by atoms with Crippen molar-refractivity contribution < 1.29 is 57.8 Å². The summed E-state index contributed by atoms with van der Waals surface area (Å²) < 4.78 is 5.79. The number of benzene rings is 1. The number of aliphatic imine (C=N–C) groups is 1. The molecule has 25 heteroatoms. The fourth-order valence-corrected chi connectivity index (χ4v) is 8.09. The number of rotatable bonds is 33. The summed E-state index contributed by atoms with van der Waals surface area (Å²) in [6, 6.07) is 0.295. The zero-order valence-corrected chi connectivity index (χ0v) is 45.7. The van der Waals surface area contributed by atoms with E-state index in [-0.39, 0.29) is 69.3 Å². The van der Waals surface area contributed by atoms with Gasteiger partial charge in [-0.1, -0.05) is 77.8 Å². The molecule has 0 bridgehead atoms. The van der Waals surface area contributed by atoms with Gasteiger partial charge in [0.15, 0.2) is 5.96 Å². The SMILES string of the molecule is CCC[C@H](NC(=O)[C@@H](NC(=O)[C@@H](CC(C)C)NC(=O)[C@H](COCc1ccccc1)NC(=O)CNC(=O)CN(C)C(C)=O)[C@@H](C)O)C(=O)N[C@H](C(=O)N[C@@H](CCCN=C(N)N)C(=O)N1CCC[C@H]1C(=O)NCC)[C@@H](C)CC. The van der Waals surface area contributed by atoms with Gasteiger partial charge in [-0.25, -0.2) is 0 Å². The predicted octanol–water partition coefficient (Wildman–Crippen LogP) is -1.84. The van der Waals surface area contributed by atoms with Crippen molar-refractivity contribution >= 4 is 65.0 Å². The molecule has 2 rings (SSSR count). The number of likely N-dealkylation sites (N-methyl/N-ethyl adjacent to an activating group) is 2. The van der Waals surface area contributed by atoms with E-state index in [0.717, 1.165) is 10.5 Å². The van der Waals surface area contributed by atoms with E-state index in [1.54, 1.807) is 58.9 Å². The molecule has 1 aliphatic heterocycles. The van der Waals surface area contributed by atoms with Gasteiger partial charge in [0.2, 0.25) is 59.1 Å². The van der Waals surface area contributed by atoms with Gasteiger partial charge in [0.05, 0.1) is 32.4 Å². The number of aliphatic hydroxyl groups excluding tert-OH is 1. The molecule has 0 unspecified atom stereocenters. The van der Waals surface area contributed by atoms with Crippen LogP contribution in [-0.2, 0) is 59.3 Å². The van der Waals surface area contributed by atoms with Gasteiger partial charge in [0.25, 0.3) is 0 Å². The minimum atomic E-state index is -1.66. The Morgan fingerprint density at radius 1 is 0.763 bits per heavy atom. The number of amides is 10. The van der Waals surface area contributed by atoms with Crippen molar-refractivity contribution in [1.82, 2.24) is 52.3 Å². The lowest BCUT2D eigenvalue weighted by molar-refractivity contribution is -0.142. The second-order valence-electron chi connectivity index (χ2n) is 19.5. The van der Waals surface area contributed by atoms with Crippen LogP contribution in [0.15, 0.2) is 35.3 Å². The Bertz CT molecular complexity index is 2120. The van der Waals surface area contributed by atoms with Gasteiger partial charge in [0, 0.05) is 33.6 Å². The minimum absolute atomic E-state index is 0.0342. The maximum Gasteiger partial charge on any atom is 0.245 e. The lowest BCUT2D eigenvalue weighted by atomic mass is 9.96. The van der Waals surface area contributed by atoms with Crippen molar-refractivity contribution in [2.45, 2.75) is 162 Å². The Labute approximate surface area is 446 Å². The van der Waals surface area contributed by atoms with Gasteiger partial charge in [-0.2, -0.15) is 0 Å². The highest BCUT2D eigenvalue weighted by Crippen LogP contribution is 2.21. The standard InChI is InChI=1S/C51H85N13O12/c1-10-18-35(44(69)61-42(31(6)11-2)48(73)59-36(21-16-23-55-51(52)53)50(75)64-24-17-22-39(64)47(72)54-12-3)58-49(74)43(32(7)65)62-45(70)37(25-30(4)5)60-46(71)38(29-76-28-34-19-14-13-15-20-34)57-40(67)26-56-41(68)27-63(9)33(8)66/h13-15,19-20,30-32,35-39,42-43,65H,10-12,16-18,21-29H2,1-9H3,(H,54,72)(H,56,68)(H,57,67)(H,58,74)(H,59,73)(H,60,71)(H,61,69)(H,62,70)(H4,52,53,55)/t31-,32+,35-,36-,37+,38-,39-,42-,43-/m0/s1. The number of guanidine groups is 1. The number of hydrogen-bond donors (Lipinski definition) is 11. The Morgan fingerprint density at radius 3 is 1.96 bits per heavy atom. The number of carbonyl (C=O) groups excluding carboxylic acids is 10. The summed E-state index contributed by atoms with van der Waals surface area (Å²) in [5.41, 5.74) is 11.8. The first-order valence-electron chi connectivity index (χ1n) is 26.2. The summed E-state index contributed by atoms with van der Waals surface area (Å²) in [6.45, 7) is 12.8. The van der Waals surface area contributed by atoms with Crippen LogP contribution in [0.4, 0.5) is 0 Å². The third-order valence-corrected chi connectivity index (χ3v) is 12.6. The van der Waals surface area contributed by atoms with Gasteiger partial charge in [-0.3, -0.25) is 52.9 Å². The predicted molar refractivity (Wildman–Crippen MR) is 283 cm³/mol. The molecule has 25 nitrogen and oxygen atoms in total. The minimum Gasteiger partial charge on any atom is -0.391 e. The van der Waals surface area contributed by atoms with Crippen LogP contribution < -0.4 is 54.0 Å². The number of hydrogen-bond acceptors (Lipinski definition) is 13. The number of carbonyl (C=O) groups is 10. The van der Waals surface area contributed by atoms with Crippen LogP contribution >= 0.6 is 0 Å². The summed E-state index contributed by atoms with van der Waals surface area (Å²) in [5.74, 6) is -7.51. The Kier molecular flexibility index (Phi) is 29.1. The van der Waals surface area contributed by atoms with Crippen molar-refractivity contribution in [2.75, 3.05) is 46.4 Å². The maximum absolute atomic E-state index is 14.2. The van der Waals surface area contributed by atoms with Gasteiger partial charge in [-0.15, -0.1) is 0 Å². The monoisotopic (exact) mass is 1070 g/mol. The molecule has 1 fully saturated rings. The van der Waals surface area contributed by atoms with Crippen LogP contribution in [0.2, 0.25) is 0 Å². The molecule has 0 spiro atoms. The van der Waals surface area contributed by atoms with E-state index >= 15 is 0 Å². The number of likely N-dealkylation sites (tertiary alicyclic amines) is 1. The fourth-order valence-electron chi connectivity index (χ4n) is 8.09. The van der Waals surface area contributed by atoms with E-state index in [9.17, 15) is 53.1 Å². The number of nitrogens with zero attached hydrogens (tertiary/aromatic N) is 3. The van der Waals surface area contributed by atoms with E-state index in [2.05, 4.69) is 47.5 Å². The number of aliphatic hydroxyl groups is 1. The molecule has 1 aliphatic rings. The second kappa shape index (κ2) is 33.9. The highest BCUT2D eigenvalue weighted by Gasteiger charge is 2.40. The Balaban J connectivity index is 2.33. The first kappa shape index (κ1) is 65.2. The zero-order chi connectivity index (χ0) is 57.1. The lowest BCUT2D eigenvalue weighted by Gasteiger charge is -2.31. The highest BCUT2D eigenvalue weighted by atomic mass is 16.5. The molecule has 0 aliphatic carbocycles. The Morgan fingerprint density at radius 2 is 1.37 bits per heavy atom. The zero-order valence-electron chi connectivity index (χ0n) is 45.7. The van der Waals surface area contributed by atoms with Gasteiger partial charge in [-0.05, 0) is 69.8 Å². The molecule has 9 atom stereocenters. The van der Waals surface area contributed by atoms with Crippen LogP contribution in [-0.4, -0.2) is 175 Å². The molecular weight excluding hydrogens is 987 g/mol. The van der Waals surface area contributed by atoms with Crippen molar-refractivity contribution in [2.24, 2.45) is 28.3 Å². The smallest absolute Gasteiger partial charge is 0.245 e. The van der Waals surface area contributed by atoms with E-state index < -0.39 is 108 Å². The van der Waals surface area contributed by atoms with Crippen LogP contribution in [0.25, 0.3) is 0 Å². The second-order valence-corrected chi connectivity index (χ2v) is 19.5. The number of nitrogens with one attached hydrogen (secondary N) is 8. The van der Waals surface area contributed by atoms with Crippen LogP contribution in [0, 0.1) is 11.8 Å². The summed E-state index contributed by atoms with van der Waals surface area (Å²) >= 11 is 0. The molecule has 1 aromatic carbocycles. The number of ether oxygens (including phenoxy) is 1. The molecular formula is C51H85N13O12. The van der Waals surface area contributed by atoms with E-state index in [0.29, 0.717) is 45.2 Å². The number of nitrogens with two attached hydrogens (primary N) is 2. The van der Waals surface area contributed by atoms with Gasteiger partial charge < -0.3 is 73.6 Å². The van der Waals surface area contributed by atoms with Crippen molar-refractivity contribution in [3.63, 3.8) is 0 Å². The third-order valence-electron chi connectivity index (χ3n) is 12.6. The van der Waals surface area contributed by atoms with Crippen LogP contribution in [0.5, 0.6) is 0 Å². The summed E-state index contributed by atoms with van der Waals surface area (Å²) in [6.07, 6.45) is 0.776. The average Bonchev–Trinajstić information content (AvgIpc) is 3.86. The topological polar surface area (TPSA) is 367 Å². The quantitative estimate of drug-likeness (QED) is 0.0210. The van der Waals surface area contributed by atoms with Crippen molar-refractivity contribution in [3.8, 4) is 0 Å². The summed E-state index contributed by atoms with van der Waals surface area (Å²) in [4.78, 5) is 141. The Hall–Kier alpha value is -6.89. The maximum atomic E-state index is 14.2. The third kappa shape index (κ3) is 22.9. The molecule has 1 aromatic rings. The van der Waals surface area contributed by atoms with Gasteiger partial charge >= 0.3 is 0 Å². The summed E-state index contributed by atoms with van der Waals surface area (Å²) in [7, 11) is 1.41. The molecule has 0 saturated carbocycles. The lowest BCUT2D eigenvalue weighted by Crippen LogP contribution is -2.62. The molecule has 1 saturated heterocycles. The largest absolute Gasteiger partial charge is 0.391 e. The summed E-state index contributed by atoms with van der Waals surface area (Å²) in [5, 5.41) is 31.9. The molecule has 0 aromatic heterocycles. The van der Waals surface area contributed by atoms with Gasteiger partial charge in [0.1, 0.15) is 42.3 Å². The molecule has 0 radical (unpaired) electrons. The van der Waals surface area contributed by atoms with E-state index in [4.69, 9.17) is 16.2 Å².